The Morgan fingerprint density at radius 2 is 1.84 bits per heavy atom. The van der Waals surface area contributed by atoms with Gasteiger partial charge in [0, 0.05) is 6.08 Å². The van der Waals surface area contributed by atoms with E-state index in [2.05, 4.69) is 13.5 Å². The summed E-state index contributed by atoms with van der Waals surface area (Å²) in [5.41, 5.74) is -0.398. The third kappa shape index (κ3) is 16.7. The SMILES string of the molecule is C=CC(=O)OC(C)(C)C.CCCCCC(C)C(=O)O. The lowest BCUT2D eigenvalue weighted by Gasteiger charge is -2.17. The minimum absolute atomic E-state index is 0.161. The van der Waals surface area contributed by atoms with Crippen LogP contribution < -0.4 is 0 Å². The molecule has 0 aromatic carbocycles. The van der Waals surface area contributed by atoms with Crippen LogP contribution in [0.4, 0.5) is 0 Å². The Bertz CT molecular complexity index is 276. The molecule has 0 aromatic heterocycles. The standard InChI is InChI=1S/C8H16O2.C7H12O2/c1-3-4-5-6-7(2)8(9)10;1-5-6(8)9-7(2,3)4/h7H,3-6H2,1-2H3,(H,9,10);5H,1H2,2-4H3. The predicted molar refractivity (Wildman–Crippen MR) is 77.0 cm³/mol. The van der Waals surface area contributed by atoms with Crippen LogP contribution >= 0.6 is 0 Å². The predicted octanol–water partition coefficient (Wildman–Crippen LogP) is 3.80. The van der Waals surface area contributed by atoms with E-state index >= 15 is 0 Å². The van der Waals surface area contributed by atoms with Gasteiger partial charge in [0.1, 0.15) is 5.60 Å². The molecule has 0 aliphatic rings. The number of hydrogen-bond donors (Lipinski definition) is 1. The molecule has 0 aliphatic heterocycles. The van der Waals surface area contributed by atoms with Gasteiger partial charge >= 0.3 is 11.9 Å². The minimum Gasteiger partial charge on any atom is -0.481 e. The molecule has 4 nitrogen and oxygen atoms in total. The van der Waals surface area contributed by atoms with Crippen LogP contribution in [0.5, 0.6) is 0 Å². The molecule has 1 N–H and O–H groups in total. The van der Waals surface area contributed by atoms with E-state index < -0.39 is 11.6 Å². The van der Waals surface area contributed by atoms with Gasteiger partial charge in [-0.2, -0.15) is 0 Å². The first kappa shape index (κ1) is 20.0. The monoisotopic (exact) mass is 272 g/mol. The molecule has 1 atom stereocenters. The number of unbranched alkanes of at least 4 members (excludes halogenated alkanes) is 2. The van der Waals surface area contributed by atoms with Gasteiger partial charge in [0.25, 0.3) is 0 Å². The molecule has 0 aliphatic carbocycles. The van der Waals surface area contributed by atoms with Gasteiger partial charge in [-0.15, -0.1) is 0 Å². The summed E-state index contributed by atoms with van der Waals surface area (Å²) < 4.78 is 4.83. The van der Waals surface area contributed by atoms with Crippen molar-refractivity contribution in [2.45, 2.75) is 65.9 Å². The lowest BCUT2D eigenvalue weighted by molar-refractivity contribution is -0.148. The van der Waals surface area contributed by atoms with E-state index in [1.165, 1.54) is 0 Å². The first-order valence-electron chi connectivity index (χ1n) is 6.72. The minimum atomic E-state index is -0.670. The van der Waals surface area contributed by atoms with E-state index in [1.807, 2.05) is 20.8 Å². The molecule has 0 spiro atoms. The van der Waals surface area contributed by atoms with Crippen molar-refractivity contribution in [1.82, 2.24) is 0 Å². The van der Waals surface area contributed by atoms with Crippen LogP contribution in [0.1, 0.15) is 60.3 Å². The highest BCUT2D eigenvalue weighted by Gasteiger charge is 2.12. The highest BCUT2D eigenvalue weighted by Crippen LogP contribution is 2.08. The van der Waals surface area contributed by atoms with Gasteiger partial charge in [-0.25, -0.2) is 4.79 Å². The van der Waals surface area contributed by atoms with E-state index in [1.54, 1.807) is 6.92 Å². The van der Waals surface area contributed by atoms with Crippen molar-refractivity contribution in [3.8, 4) is 0 Å². The second kappa shape index (κ2) is 10.6. The third-order valence-electron chi connectivity index (χ3n) is 2.24. The summed E-state index contributed by atoms with van der Waals surface area (Å²) in [6.07, 6.45) is 5.34. The molecule has 0 fully saturated rings. The van der Waals surface area contributed by atoms with Gasteiger partial charge in [-0.05, 0) is 27.2 Å². The molecule has 112 valence electrons. The maximum absolute atomic E-state index is 10.5. The van der Waals surface area contributed by atoms with Crippen molar-refractivity contribution in [3.05, 3.63) is 12.7 Å². The highest BCUT2D eigenvalue weighted by atomic mass is 16.6. The van der Waals surface area contributed by atoms with Gasteiger partial charge in [0.2, 0.25) is 0 Å². The smallest absolute Gasteiger partial charge is 0.330 e. The van der Waals surface area contributed by atoms with Crippen LogP contribution in [0.2, 0.25) is 0 Å². The molecular formula is C15H28O4. The van der Waals surface area contributed by atoms with Gasteiger partial charge in [-0.1, -0.05) is 39.7 Å². The Hall–Kier alpha value is -1.32. The molecule has 0 rings (SSSR count). The normalized spacial score (nSPS) is 11.8. The van der Waals surface area contributed by atoms with Crippen LogP contribution in [0.25, 0.3) is 0 Å². The molecule has 0 aromatic rings. The Balaban J connectivity index is 0. The first-order valence-corrected chi connectivity index (χ1v) is 6.72. The van der Waals surface area contributed by atoms with Gasteiger partial charge < -0.3 is 9.84 Å². The average molecular weight is 272 g/mol. The van der Waals surface area contributed by atoms with E-state index in [-0.39, 0.29) is 11.9 Å². The first-order chi connectivity index (χ1) is 8.64. The van der Waals surface area contributed by atoms with Crippen LogP contribution in [0.3, 0.4) is 0 Å². The van der Waals surface area contributed by atoms with Crippen LogP contribution in [0, 0.1) is 5.92 Å². The van der Waals surface area contributed by atoms with E-state index in [0.29, 0.717) is 0 Å². The lowest BCUT2D eigenvalue weighted by Crippen LogP contribution is -2.22. The number of esters is 1. The van der Waals surface area contributed by atoms with Crippen molar-refractivity contribution >= 4 is 11.9 Å². The summed E-state index contributed by atoms with van der Waals surface area (Å²) in [6, 6.07) is 0. The molecule has 4 heteroatoms. The van der Waals surface area contributed by atoms with Crippen molar-refractivity contribution in [2.75, 3.05) is 0 Å². The molecule has 19 heavy (non-hydrogen) atoms. The van der Waals surface area contributed by atoms with E-state index in [4.69, 9.17) is 9.84 Å². The quantitative estimate of drug-likeness (QED) is 0.454. The van der Waals surface area contributed by atoms with E-state index in [9.17, 15) is 9.59 Å². The summed E-state index contributed by atoms with van der Waals surface area (Å²) in [5, 5.41) is 8.48. The zero-order valence-electron chi connectivity index (χ0n) is 12.9. The van der Waals surface area contributed by atoms with Crippen LogP contribution in [0.15, 0.2) is 12.7 Å². The van der Waals surface area contributed by atoms with Crippen molar-refractivity contribution in [1.29, 1.82) is 0 Å². The number of carbonyl (C=O) groups is 2. The zero-order chi connectivity index (χ0) is 15.5. The number of aliphatic carboxylic acids is 1. The third-order valence-corrected chi connectivity index (χ3v) is 2.24. The second-order valence-electron chi connectivity index (χ2n) is 5.47. The molecule has 0 saturated heterocycles. The fourth-order valence-corrected chi connectivity index (χ4v) is 1.17. The summed E-state index contributed by atoms with van der Waals surface area (Å²) in [6.45, 7) is 12.6. The average Bonchev–Trinajstić information content (AvgIpc) is 2.27. The number of hydrogen-bond acceptors (Lipinski definition) is 3. The summed E-state index contributed by atoms with van der Waals surface area (Å²) in [4.78, 5) is 20.8. The fourth-order valence-electron chi connectivity index (χ4n) is 1.17. The summed E-state index contributed by atoms with van der Waals surface area (Å²) in [5.74, 6) is -1.20. The van der Waals surface area contributed by atoms with Crippen LogP contribution in [-0.4, -0.2) is 22.6 Å². The Morgan fingerprint density at radius 1 is 1.32 bits per heavy atom. The summed E-state index contributed by atoms with van der Waals surface area (Å²) in [7, 11) is 0. The molecule has 0 radical (unpaired) electrons. The number of ether oxygens (including phenoxy) is 1. The maximum Gasteiger partial charge on any atom is 0.330 e. The van der Waals surface area contributed by atoms with Crippen molar-refractivity contribution in [2.24, 2.45) is 5.92 Å². The topological polar surface area (TPSA) is 63.6 Å². The van der Waals surface area contributed by atoms with Gasteiger partial charge in [0.15, 0.2) is 0 Å². The molecule has 0 bridgehead atoms. The Morgan fingerprint density at radius 3 is 2.11 bits per heavy atom. The summed E-state index contributed by atoms with van der Waals surface area (Å²) >= 11 is 0. The maximum atomic E-state index is 10.5. The molecule has 0 heterocycles. The fraction of sp³-hybridized carbons (Fsp3) is 0.733. The molecule has 0 saturated carbocycles. The van der Waals surface area contributed by atoms with E-state index in [0.717, 1.165) is 31.8 Å². The Labute approximate surface area is 116 Å². The van der Waals surface area contributed by atoms with Crippen LogP contribution in [-0.2, 0) is 14.3 Å². The zero-order valence-corrected chi connectivity index (χ0v) is 12.9. The Kier molecular flexibility index (Phi) is 11.1. The number of carbonyl (C=O) groups excluding carboxylic acids is 1. The lowest BCUT2D eigenvalue weighted by atomic mass is 10.0. The number of carboxylic acids is 1. The second-order valence-corrected chi connectivity index (χ2v) is 5.47. The largest absolute Gasteiger partial charge is 0.481 e. The molecule has 0 amide bonds. The number of rotatable bonds is 6. The molecular weight excluding hydrogens is 244 g/mol. The van der Waals surface area contributed by atoms with Crippen molar-refractivity contribution < 1.29 is 19.4 Å². The number of carboxylic acid groups (broad SMARTS) is 1. The van der Waals surface area contributed by atoms with Gasteiger partial charge in [0.05, 0.1) is 5.92 Å². The highest BCUT2D eigenvalue weighted by molar-refractivity contribution is 5.81. The van der Waals surface area contributed by atoms with Crippen molar-refractivity contribution in [3.63, 3.8) is 0 Å². The van der Waals surface area contributed by atoms with Gasteiger partial charge in [-0.3, -0.25) is 4.79 Å². The molecule has 1 unspecified atom stereocenters.